The fourth-order valence-electron chi connectivity index (χ4n) is 3.66. The van der Waals surface area contributed by atoms with Crippen LogP contribution in [0.25, 0.3) is 0 Å². The molecule has 0 radical (unpaired) electrons. The monoisotopic (exact) mass is 407 g/mol. The molecule has 0 bridgehead atoms. The number of hydrogen-bond donors (Lipinski definition) is 2. The fraction of sp³-hybridized carbons (Fsp3) is 0.417. The van der Waals surface area contributed by atoms with E-state index in [1.165, 1.54) is 24.1 Å². The maximum Gasteiger partial charge on any atom is 0.253 e. The van der Waals surface area contributed by atoms with E-state index >= 15 is 0 Å². The summed E-state index contributed by atoms with van der Waals surface area (Å²) < 4.78 is 0. The molecule has 160 valence electrons. The Bertz CT molecular complexity index is 869. The predicted octanol–water partition coefficient (Wildman–Crippen LogP) is 3.41. The van der Waals surface area contributed by atoms with Gasteiger partial charge in [0.25, 0.3) is 5.91 Å². The number of nitrogens with one attached hydrogen (secondary N) is 2. The first-order valence-electron chi connectivity index (χ1n) is 10.6. The van der Waals surface area contributed by atoms with Crippen molar-refractivity contribution in [3.8, 4) is 0 Å². The van der Waals surface area contributed by atoms with E-state index < -0.39 is 0 Å². The second-order valence-electron chi connectivity index (χ2n) is 7.98. The third-order valence-corrected chi connectivity index (χ3v) is 5.49. The number of nitrogens with zero attached hydrogens (tertiary/aromatic N) is 3. The summed E-state index contributed by atoms with van der Waals surface area (Å²) in [5.74, 6) is 0.763. The molecule has 1 aliphatic heterocycles. The smallest absolute Gasteiger partial charge is 0.253 e. The summed E-state index contributed by atoms with van der Waals surface area (Å²) in [6, 6.07) is 16.6. The van der Waals surface area contributed by atoms with Crippen LogP contribution in [-0.2, 0) is 6.54 Å². The van der Waals surface area contributed by atoms with Gasteiger partial charge in [0, 0.05) is 52.0 Å². The highest BCUT2D eigenvalue weighted by Crippen LogP contribution is 2.23. The number of anilines is 1. The van der Waals surface area contributed by atoms with E-state index in [-0.39, 0.29) is 11.9 Å². The van der Waals surface area contributed by atoms with E-state index in [9.17, 15) is 4.79 Å². The lowest BCUT2D eigenvalue weighted by atomic mass is 10.1. The summed E-state index contributed by atoms with van der Waals surface area (Å²) in [6.07, 6.45) is 2.55. The number of guanidine groups is 1. The average molecular weight is 408 g/mol. The minimum Gasteiger partial charge on any atom is -0.372 e. The third kappa shape index (κ3) is 5.53. The summed E-state index contributed by atoms with van der Waals surface area (Å²) in [4.78, 5) is 20.4. The van der Waals surface area contributed by atoms with E-state index in [1.54, 1.807) is 26.0 Å². The zero-order valence-electron chi connectivity index (χ0n) is 18.5. The second kappa shape index (κ2) is 10.1. The molecule has 1 aliphatic rings. The number of rotatable bonds is 6. The van der Waals surface area contributed by atoms with E-state index in [0.717, 1.165) is 24.6 Å². The van der Waals surface area contributed by atoms with E-state index in [0.29, 0.717) is 12.1 Å². The van der Waals surface area contributed by atoms with Crippen molar-refractivity contribution in [3.05, 3.63) is 65.2 Å². The normalized spacial score (nSPS) is 15.1. The number of carbonyl (C=O) groups is 1. The van der Waals surface area contributed by atoms with Gasteiger partial charge in [-0.05, 0) is 55.2 Å². The lowest BCUT2D eigenvalue weighted by Gasteiger charge is -2.22. The number of amides is 1. The molecule has 3 rings (SSSR count). The van der Waals surface area contributed by atoms with Gasteiger partial charge in [0.1, 0.15) is 0 Å². The Morgan fingerprint density at radius 1 is 1.13 bits per heavy atom. The molecule has 1 fully saturated rings. The predicted molar refractivity (Wildman–Crippen MR) is 124 cm³/mol. The van der Waals surface area contributed by atoms with Gasteiger partial charge in [-0.15, -0.1) is 0 Å². The lowest BCUT2D eigenvalue weighted by molar-refractivity contribution is 0.0827. The highest BCUT2D eigenvalue weighted by atomic mass is 16.2. The third-order valence-electron chi connectivity index (χ3n) is 5.49. The molecule has 30 heavy (non-hydrogen) atoms. The van der Waals surface area contributed by atoms with Gasteiger partial charge in [-0.25, -0.2) is 0 Å². The largest absolute Gasteiger partial charge is 0.372 e. The summed E-state index contributed by atoms with van der Waals surface area (Å²) in [6.45, 7) is 5.08. The number of benzene rings is 2. The van der Waals surface area contributed by atoms with Crippen molar-refractivity contribution in [1.82, 2.24) is 15.5 Å². The molecule has 1 amide bonds. The van der Waals surface area contributed by atoms with Crippen LogP contribution in [0.1, 0.15) is 47.3 Å². The van der Waals surface area contributed by atoms with Crippen molar-refractivity contribution in [2.45, 2.75) is 32.4 Å². The van der Waals surface area contributed by atoms with Crippen LogP contribution in [0.4, 0.5) is 5.69 Å². The van der Waals surface area contributed by atoms with Crippen LogP contribution in [0.2, 0.25) is 0 Å². The first-order chi connectivity index (χ1) is 14.5. The molecule has 0 spiro atoms. The summed E-state index contributed by atoms with van der Waals surface area (Å²) in [5, 5.41) is 6.84. The van der Waals surface area contributed by atoms with Crippen LogP contribution in [0.15, 0.2) is 53.5 Å². The molecule has 1 atom stereocenters. The minimum atomic E-state index is 0.0111. The number of aliphatic imine (C=N–C) groups is 1. The van der Waals surface area contributed by atoms with Gasteiger partial charge >= 0.3 is 0 Å². The molecule has 1 unspecified atom stereocenters. The Balaban J connectivity index is 1.56. The van der Waals surface area contributed by atoms with Crippen LogP contribution < -0.4 is 15.5 Å². The molecule has 1 heterocycles. The van der Waals surface area contributed by atoms with Crippen LogP contribution in [0.3, 0.4) is 0 Å². The van der Waals surface area contributed by atoms with Gasteiger partial charge in [0.15, 0.2) is 5.96 Å². The molecule has 0 aliphatic carbocycles. The Labute approximate surface area is 180 Å². The molecule has 6 heteroatoms. The standard InChI is InChI=1S/C24H33N5O/c1-18(21-8-7-9-22(16-21)29-14-5-6-15-29)27-24(25-2)26-17-19-10-12-20(13-11-19)23(30)28(3)4/h7-13,16,18H,5-6,14-15,17H2,1-4H3,(H2,25,26,27). The van der Waals surface area contributed by atoms with Gasteiger partial charge in [-0.1, -0.05) is 24.3 Å². The van der Waals surface area contributed by atoms with Gasteiger partial charge in [0.05, 0.1) is 6.04 Å². The maximum absolute atomic E-state index is 12.0. The minimum absolute atomic E-state index is 0.0111. The molecular weight excluding hydrogens is 374 g/mol. The Morgan fingerprint density at radius 2 is 1.83 bits per heavy atom. The summed E-state index contributed by atoms with van der Waals surface area (Å²) in [5.41, 5.74) is 4.33. The lowest BCUT2D eigenvalue weighted by Crippen LogP contribution is -2.38. The molecule has 2 aromatic carbocycles. The van der Waals surface area contributed by atoms with Crippen molar-refractivity contribution in [3.63, 3.8) is 0 Å². The SMILES string of the molecule is CN=C(NCc1ccc(C(=O)N(C)C)cc1)NC(C)c1cccc(N2CCCC2)c1. The zero-order valence-corrected chi connectivity index (χ0v) is 18.5. The van der Waals surface area contributed by atoms with Crippen LogP contribution >= 0.6 is 0 Å². The second-order valence-corrected chi connectivity index (χ2v) is 7.98. The average Bonchev–Trinajstić information content (AvgIpc) is 3.31. The van der Waals surface area contributed by atoms with Crippen molar-refractivity contribution in [2.75, 3.05) is 39.1 Å². The van der Waals surface area contributed by atoms with Crippen molar-refractivity contribution < 1.29 is 4.79 Å². The van der Waals surface area contributed by atoms with Crippen molar-refractivity contribution >= 4 is 17.6 Å². The molecule has 2 N–H and O–H groups in total. The van der Waals surface area contributed by atoms with E-state index in [4.69, 9.17) is 0 Å². The highest BCUT2D eigenvalue weighted by molar-refractivity contribution is 5.93. The van der Waals surface area contributed by atoms with Crippen molar-refractivity contribution in [2.24, 2.45) is 4.99 Å². The molecule has 1 saturated heterocycles. The molecule has 6 nitrogen and oxygen atoms in total. The molecule has 0 aromatic heterocycles. The summed E-state index contributed by atoms with van der Waals surface area (Å²) >= 11 is 0. The zero-order chi connectivity index (χ0) is 21.5. The van der Waals surface area contributed by atoms with Gasteiger partial charge < -0.3 is 20.4 Å². The Morgan fingerprint density at radius 3 is 2.47 bits per heavy atom. The van der Waals surface area contributed by atoms with Gasteiger partial charge in [0.2, 0.25) is 0 Å². The first-order valence-corrected chi connectivity index (χ1v) is 10.6. The quantitative estimate of drug-likeness (QED) is 0.569. The van der Waals surface area contributed by atoms with E-state index in [2.05, 4.69) is 51.7 Å². The molecular formula is C24H33N5O. The van der Waals surface area contributed by atoms with Crippen molar-refractivity contribution in [1.29, 1.82) is 0 Å². The highest BCUT2D eigenvalue weighted by Gasteiger charge is 2.14. The Hall–Kier alpha value is -3.02. The topological polar surface area (TPSA) is 60.0 Å². The Kier molecular flexibility index (Phi) is 7.33. The van der Waals surface area contributed by atoms with Crippen LogP contribution in [0, 0.1) is 0 Å². The summed E-state index contributed by atoms with van der Waals surface area (Å²) in [7, 11) is 5.30. The maximum atomic E-state index is 12.0. The molecule has 2 aromatic rings. The fourth-order valence-corrected chi connectivity index (χ4v) is 3.66. The van der Waals surface area contributed by atoms with Gasteiger partial charge in [-0.3, -0.25) is 9.79 Å². The number of carbonyl (C=O) groups excluding carboxylic acids is 1. The first kappa shape index (κ1) is 21.7. The molecule has 0 saturated carbocycles. The van der Waals surface area contributed by atoms with Crippen LogP contribution in [0.5, 0.6) is 0 Å². The van der Waals surface area contributed by atoms with Crippen LogP contribution in [-0.4, -0.2) is 51.0 Å². The van der Waals surface area contributed by atoms with Gasteiger partial charge in [-0.2, -0.15) is 0 Å². The number of hydrogen-bond acceptors (Lipinski definition) is 3. The van der Waals surface area contributed by atoms with E-state index in [1.807, 2.05) is 24.3 Å².